The van der Waals surface area contributed by atoms with E-state index in [1.54, 1.807) is 32.3 Å². The monoisotopic (exact) mass is 328 g/mol. The SMILES string of the molecule is C=CCc1cc(/C=C(/C#N)C(=O)N(C)C)cc(OCC)c1OCC. The van der Waals surface area contributed by atoms with Crippen LogP contribution < -0.4 is 9.47 Å². The van der Waals surface area contributed by atoms with Gasteiger partial charge in [-0.3, -0.25) is 4.79 Å². The molecule has 5 nitrogen and oxygen atoms in total. The van der Waals surface area contributed by atoms with Crippen LogP contribution in [0.1, 0.15) is 25.0 Å². The first-order chi connectivity index (χ1) is 11.5. The van der Waals surface area contributed by atoms with Gasteiger partial charge in [0.2, 0.25) is 0 Å². The summed E-state index contributed by atoms with van der Waals surface area (Å²) >= 11 is 0. The van der Waals surface area contributed by atoms with Gasteiger partial charge in [0.15, 0.2) is 11.5 Å². The van der Waals surface area contributed by atoms with Crippen molar-refractivity contribution in [3.8, 4) is 17.6 Å². The van der Waals surface area contributed by atoms with E-state index in [1.807, 2.05) is 26.0 Å². The molecule has 0 unspecified atom stereocenters. The Morgan fingerprint density at radius 3 is 2.46 bits per heavy atom. The zero-order valence-electron chi connectivity index (χ0n) is 14.8. The second-order valence-corrected chi connectivity index (χ2v) is 5.24. The van der Waals surface area contributed by atoms with Crippen molar-refractivity contribution in [3.63, 3.8) is 0 Å². The smallest absolute Gasteiger partial charge is 0.264 e. The van der Waals surface area contributed by atoms with Crippen molar-refractivity contribution < 1.29 is 14.3 Å². The molecule has 5 heteroatoms. The molecule has 0 bridgehead atoms. The molecule has 0 N–H and O–H groups in total. The summed E-state index contributed by atoms with van der Waals surface area (Å²) in [5, 5.41) is 9.25. The molecule has 1 rings (SSSR count). The Morgan fingerprint density at radius 1 is 1.29 bits per heavy atom. The molecule has 1 aromatic carbocycles. The highest BCUT2D eigenvalue weighted by Gasteiger charge is 2.15. The van der Waals surface area contributed by atoms with Crippen molar-refractivity contribution in [2.24, 2.45) is 0 Å². The predicted octanol–water partition coefficient (Wildman–Crippen LogP) is 3.21. The first-order valence-electron chi connectivity index (χ1n) is 7.85. The third-order valence-corrected chi connectivity index (χ3v) is 3.17. The van der Waals surface area contributed by atoms with Gasteiger partial charge in [-0.1, -0.05) is 6.08 Å². The van der Waals surface area contributed by atoms with Crippen LogP contribution in [0, 0.1) is 11.3 Å². The molecular formula is C19H24N2O3. The van der Waals surface area contributed by atoms with Crippen molar-refractivity contribution in [2.75, 3.05) is 27.3 Å². The second-order valence-electron chi connectivity index (χ2n) is 5.24. The molecular weight excluding hydrogens is 304 g/mol. The lowest BCUT2D eigenvalue weighted by molar-refractivity contribution is -0.124. The molecule has 0 saturated heterocycles. The van der Waals surface area contributed by atoms with E-state index < -0.39 is 0 Å². The number of hydrogen-bond acceptors (Lipinski definition) is 4. The number of nitriles is 1. The highest BCUT2D eigenvalue weighted by atomic mass is 16.5. The number of allylic oxidation sites excluding steroid dienone is 1. The Morgan fingerprint density at radius 2 is 1.96 bits per heavy atom. The number of carbonyl (C=O) groups excluding carboxylic acids is 1. The van der Waals surface area contributed by atoms with Crippen molar-refractivity contribution in [1.29, 1.82) is 5.26 Å². The van der Waals surface area contributed by atoms with Crippen LogP contribution in [-0.2, 0) is 11.2 Å². The average molecular weight is 328 g/mol. The van der Waals surface area contributed by atoms with Crippen LogP contribution in [0.15, 0.2) is 30.4 Å². The lowest BCUT2D eigenvalue weighted by Gasteiger charge is -2.16. The van der Waals surface area contributed by atoms with Crippen molar-refractivity contribution in [1.82, 2.24) is 4.90 Å². The molecule has 1 aromatic rings. The Bertz CT molecular complexity index is 670. The average Bonchev–Trinajstić information content (AvgIpc) is 2.55. The fourth-order valence-electron chi connectivity index (χ4n) is 2.19. The van der Waals surface area contributed by atoms with Gasteiger partial charge in [-0.05, 0) is 44.0 Å². The highest BCUT2D eigenvalue weighted by Crippen LogP contribution is 2.34. The standard InChI is InChI=1S/C19H24N2O3/c1-6-9-15-10-14(11-16(13-20)19(22)21(4)5)12-17(23-7-2)18(15)24-8-3/h6,10-12H,1,7-9H2,2-5H3/b16-11-. The molecule has 0 fully saturated rings. The Hall–Kier alpha value is -2.74. The van der Waals surface area contributed by atoms with Gasteiger partial charge in [0.25, 0.3) is 5.91 Å². The van der Waals surface area contributed by atoms with Gasteiger partial charge in [-0.25, -0.2) is 0 Å². The van der Waals surface area contributed by atoms with E-state index in [9.17, 15) is 10.1 Å². The highest BCUT2D eigenvalue weighted by molar-refractivity contribution is 6.01. The second kappa shape index (κ2) is 9.41. The lowest BCUT2D eigenvalue weighted by Crippen LogP contribution is -2.22. The lowest BCUT2D eigenvalue weighted by atomic mass is 10.0. The summed E-state index contributed by atoms with van der Waals surface area (Å²) in [4.78, 5) is 13.4. The number of hydrogen-bond donors (Lipinski definition) is 0. The zero-order chi connectivity index (χ0) is 18.1. The van der Waals surface area contributed by atoms with Gasteiger partial charge >= 0.3 is 0 Å². The summed E-state index contributed by atoms with van der Waals surface area (Å²) in [6.07, 6.45) is 3.94. The van der Waals surface area contributed by atoms with Crippen LogP contribution in [0.3, 0.4) is 0 Å². The first-order valence-corrected chi connectivity index (χ1v) is 7.85. The largest absolute Gasteiger partial charge is 0.490 e. The van der Waals surface area contributed by atoms with E-state index in [-0.39, 0.29) is 11.5 Å². The molecule has 0 spiro atoms. The van der Waals surface area contributed by atoms with Gasteiger partial charge in [0.1, 0.15) is 11.6 Å². The molecule has 0 aliphatic carbocycles. The third-order valence-electron chi connectivity index (χ3n) is 3.17. The number of benzene rings is 1. The maximum absolute atomic E-state index is 12.0. The first kappa shape index (κ1) is 19.3. The number of carbonyl (C=O) groups is 1. The van der Waals surface area contributed by atoms with Crippen LogP contribution in [0.5, 0.6) is 11.5 Å². The van der Waals surface area contributed by atoms with E-state index in [4.69, 9.17) is 9.47 Å². The minimum atomic E-state index is -0.338. The molecule has 0 aliphatic rings. The molecule has 24 heavy (non-hydrogen) atoms. The molecule has 1 amide bonds. The quantitative estimate of drug-likeness (QED) is 0.418. The zero-order valence-corrected chi connectivity index (χ0v) is 14.8. The number of ether oxygens (including phenoxy) is 2. The van der Waals surface area contributed by atoms with Crippen LogP contribution in [0.2, 0.25) is 0 Å². The summed E-state index contributed by atoms with van der Waals surface area (Å²) in [7, 11) is 3.22. The molecule has 0 saturated carbocycles. The van der Waals surface area contributed by atoms with Gasteiger partial charge in [-0.15, -0.1) is 6.58 Å². The van der Waals surface area contributed by atoms with Crippen molar-refractivity contribution >= 4 is 12.0 Å². The summed E-state index contributed by atoms with van der Waals surface area (Å²) < 4.78 is 11.4. The molecule has 128 valence electrons. The molecule has 0 aliphatic heterocycles. The van der Waals surface area contributed by atoms with Crippen LogP contribution in [-0.4, -0.2) is 38.1 Å². The molecule has 0 radical (unpaired) electrons. The minimum Gasteiger partial charge on any atom is -0.490 e. The van der Waals surface area contributed by atoms with Gasteiger partial charge < -0.3 is 14.4 Å². The van der Waals surface area contributed by atoms with Crippen LogP contribution in [0.4, 0.5) is 0 Å². The fourth-order valence-corrected chi connectivity index (χ4v) is 2.19. The predicted molar refractivity (Wildman–Crippen MR) is 95.0 cm³/mol. The van der Waals surface area contributed by atoms with E-state index in [2.05, 4.69) is 6.58 Å². The molecule has 0 aromatic heterocycles. The topological polar surface area (TPSA) is 62.6 Å². The number of nitrogens with zero attached hydrogens (tertiary/aromatic N) is 2. The summed E-state index contributed by atoms with van der Waals surface area (Å²) in [6.45, 7) is 8.57. The summed E-state index contributed by atoms with van der Waals surface area (Å²) in [5.74, 6) is 0.933. The Labute approximate surface area is 143 Å². The van der Waals surface area contributed by atoms with Gasteiger partial charge in [0.05, 0.1) is 13.2 Å². The van der Waals surface area contributed by atoms with E-state index in [0.717, 1.165) is 5.56 Å². The third kappa shape index (κ3) is 4.88. The van der Waals surface area contributed by atoms with Crippen molar-refractivity contribution in [2.45, 2.75) is 20.3 Å². The molecule has 0 atom stereocenters. The van der Waals surface area contributed by atoms with E-state index >= 15 is 0 Å². The maximum Gasteiger partial charge on any atom is 0.264 e. The minimum absolute atomic E-state index is 0.0659. The molecule has 0 heterocycles. The summed E-state index contributed by atoms with van der Waals surface area (Å²) in [5.41, 5.74) is 1.68. The normalized spacial score (nSPS) is 10.7. The summed E-state index contributed by atoms with van der Waals surface area (Å²) in [6, 6.07) is 5.62. The van der Waals surface area contributed by atoms with Crippen LogP contribution in [0.25, 0.3) is 6.08 Å². The Kier molecular flexibility index (Phi) is 7.57. The van der Waals surface area contributed by atoms with Gasteiger partial charge in [0, 0.05) is 19.7 Å². The maximum atomic E-state index is 12.0. The van der Waals surface area contributed by atoms with Crippen molar-refractivity contribution in [3.05, 3.63) is 41.5 Å². The number of rotatable bonds is 8. The van der Waals surface area contributed by atoms with E-state index in [1.165, 1.54) is 4.90 Å². The number of likely N-dealkylation sites (N-methyl/N-ethyl adjacent to an activating group) is 1. The number of amides is 1. The van der Waals surface area contributed by atoms with E-state index in [0.29, 0.717) is 36.7 Å². The fraction of sp³-hybridized carbons (Fsp3) is 0.368. The Balaban J connectivity index is 3.45. The van der Waals surface area contributed by atoms with Crippen LogP contribution >= 0.6 is 0 Å². The van der Waals surface area contributed by atoms with Gasteiger partial charge in [-0.2, -0.15) is 5.26 Å².